The van der Waals surface area contributed by atoms with Crippen LogP contribution in [0.5, 0.6) is 0 Å². The molecule has 2 N–H and O–H groups in total. The summed E-state index contributed by atoms with van der Waals surface area (Å²) in [5, 5.41) is 21.5. The molecule has 0 aliphatic heterocycles. The van der Waals surface area contributed by atoms with Crippen LogP contribution in [0.15, 0.2) is 49.1 Å². The van der Waals surface area contributed by atoms with Crippen molar-refractivity contribution in [2.45, 2.75) is 39.0 Å². The van der Waals surface area contributed by atoms with E-state index >= 15 is 0 Å². The summed E-state index contributed by atoms with van der Waals surface area (Å²) in [5.41, 5.74) is 4.37. The highest BCUT2D eigenvalue weighted by atomic mass is 16.9. The zero-order chi connectivity index (χ0) is 24.6. The number of hydrogen-bond donors (Lipinski definition) is 2. The predicted octanol–water partition coefficient (Wildman–Crippen LogP) is 3.46. The van der Waals surface area contributed by atoms with E-state index in [-0.39, 0.29) is 6.61 Å². The van der Waals surface area contributed by atoms with Crippen molar-refractivity contribution in [1.29, 1.82) is 0 Å². The fraction of sp³-hybridized carbons (Fsp3) is 0.524. The average Bonchev–Trinajstić information content (AvgIpc) is 2.80. The lowest BCUT2D eigenvalue weighted by Crippen LogP contribution is -2.22. The largest absolute Gasteiger partial charge is 0.385 e. The summed E-state index contributed by atoms with van der Waals surface area (Å²) in [5.74, 6) is 0. The van der Waals surface area contributed by atoms with Gasteiger partial charge >= 0.3 is 0 Å². The SMILES string of the molecule is COCCCCN[N+](=O)[O-].Cc1ccncc1.O=[N+]([O-])OCCCCCNc1ccncc1. The Morgan fingerprint density at radius 3 is 1.94 bits per heavy atom. The van der Waals surface area contributed by atoms with Crippen LogP contribution >= 0.6 is 0 Å². The van der Waals surface area contributed by atoms with Crippen molar-refractivity contribution in [3.05, 3.63) is 74.8 Å². The van der Waals surface area contributed by atoms with Crippen molar-refractivity contribution >= 4 is 5.69 Å². The van der Waals surface area contributed by atoms with Gasteiger partial charge in [0.1, 0.15) is 0 Å². The van der Waals surface area contributed by atoms with E-state index in [1.807, 2.05) is 31.2 Å². The average molecular weight is 467 g/mol. The summed E-state index contributed by atoms with van der Waals surface area (Å²) < 4.78 is 4.75. The summed E-state index contributed by atoms with van der Waals surface area (Å²) >= 11 is 0. The number of unbranched alkanes of at least 4 members (excludes halogenated alkanes) is 3. The van der Waals surface area contributed by atoms with Crippen LogP contribution in [0.2, 0.25) is 0 Å². The maximum atomic E-state index is 9.84. The van der Waals surface area contributed by atoms with Crippen LogP contribution in [0, 0.1) is 27.2 Å². The summed E-state index contributed by atoms with van der Waals surface area (Å²) in [6.45, 7) is 4.15. The van der Waals surface area contributed by atoms with Gasteiger partial charge in [0.15, 0.2) is 5.03 Å². The Kier molecular flexibility index (Phi) is 19.4. The molecule has 33 heavy (non-hydrogen) atoms. The lowest BCUT2D eigenvalue weighted by atomic mass is 10.2. The maximum Gasteiger partial charge on any atom is 0.294 e. The number of nitrogens with zero attached hydrogens (tertiary/aromatic N) is 4. The van der Waals surface area contributed by atoms with Crippen LogP contribution in [0.1, 0.15) is 37.7 Å². The van der Waals surface area contributed by atoms with Crippen LogP contribution in [0.25, 0.3) is 0 Å². The number of hydrazine groups is 1. The molecule has 12 heteroatoms. The molecule has 0 fully saturated rings. The molecule has 0 atom stereocenters. The Morgan fingerprint density at radius 1 is 0.848 bits per heavy atom. The molecule has 0 spiro atoms. The molecule has 2 aromatic heterocycles. The molecule has 0 bridgehead atoms. The first kappa shape index (κ1) is 29.5. The molecule has 0 aromatic carbocycles. The molecule has 0 saturated heterocycles. The van der Waals surface area contributed by atoms with Crippen molar-refractivity contribution < 1.29 is 19.7 Å². The van der Waals surface area contributed by atoms with E-state index in [2.05, 4.69) is 25.5 Å². The number of rotatable bonds is 14. The molecule has 2 heterocycles. The van der Waals surface area contributed by atoms with Gasteiger partial charge in [-0.3, -0.25) is 9.97 Å². The van der Waals surface area contributed by atoms with Crippen LogP contribution in [-0.4, -0.2) is 53.5 Å². The highest BCUT2D eigenvalue weighted by Gasteiger charge is 1.95. The first-order valence-corrected chi connectivity index (χ1v) is 10.6. The second-order valence-corrected chi connectivity index (χ2v) is 6.67. The molecule has 184 valence electrons. The Hall–Kier alpha value is -3.54. The molecule has 0 amide bonds. The van der Waals surface area contributed by atoms with Gasteiger partial charge in [0.25, 0.3) is 5.09 Å². The van der Waals surface area contributed by atoms with Crippen LogP contribution in [0.3, 0.4) is 0 Å². The van der Waals surface area contributed by atoms with Gasteiger partial charge in [-0.05, 0) is 68.9 Å². The zero-order valence-corrected chi connectivity index (χ0v) is 19.2. The molecule has 0 radical (unpaired) electrons. The van der Waals surface area contributed by atoms with Crippen LogP contribution < -0.4 is 10.7 Å². The van der Waals surface area contributed by atoms with E-state index in [1.165, 1.54) is 5.56 Å². The standard InChI is InChI=1S/C10H15N3O3.C6H7N.C5H12N2O3/c14-13(15)16-9-3-1-2-6-12-10-4-7-11-8-5-10;1-6-2-4-7-5-3-6;1-10-5-3-2-4-6-7(8)9/h4-5,7-8H,1-3,6,9H2,(H,11,12);2-5H,1H3;6H,2-5H2,1H3. The molecule has 2 aromatic rings. The van der Waals surface area contributed by atoms with E-state index < -0.39 is 10.1 Å². The summed E-state index contributed by atoms with van der Waals surface area (Å²) in [7, 11) is 1.61. The minimum absolute atomic E-state index is 0.183. The third-order valence-corrected chi connectivity index (χ3v) is 3.89. The van der Waals surface area contributed by atoms with E-state index in [1.54, 1.807) is 31.9 Å². The van der Waals surface area contributed by atoms with Gasteiger partial charge < -0.3 is 14.9 Å². The highest BCUT2D eigenvalue weighted by molar-refractivity contribution is 5.40. The second-order valence-electron chi connectivity index (χ2n) is 6.67. The smallest absolute Gasteiger partial charge is 0.294 e. The van der Waals surface area contributed by atoms with Crippen molar-refractivity contribution in [3.63, 3.8) is 0 Å². The topological polar surface area (TPSA) is 155 Å². The van der Waals surface area contributed by atoms with Crippen molar-refractivity contribution in [2.75, 3.05) is 38.7 Å². The van der Waals surface area contributed by atoms with Crippen molar-refractivity contribution in [3.8, 4) is 0 Å². The third kappa shape index (κ3) is 23.0. The van der Waals surface area contributed by atoms with E-state index in [0.717, 1.165) is 37.9 Å². The number of pyridine rings is 2. The van der Waals surface area contributed by atoms with Gasteiger partial charge in [-0.2, -0.15) is 0 Å². The van der Waals surface area contributed by atoms with Gasteiger partial charge in [-0.1, -0.05) is 0 Å². The fourth-order valence-electron chi connectivity index (χ4n) is 2.21. The van der Waals surface area contributed by atoms with Gasteiger partial charge in [0, 0.05) is 50.7 Å². The summed E-state index contributed by atoms with van der Waals surface area (Å²) in [6, 6.07) is 7.74. The zero-order valence-electron chi connectivity index (χ0n) is 19.2. The molecular formula is C21H34N6O6. The normalized spacial score (nSPS) is 9.39. The van der Waals surface area contributed by atoms with E-state index in [9.17, 15) is 20.2 Å². The fourth-order valence-corrected chi connectivity index (χ4v) is 2.21. The molecular weight excluding hydrogens is 432 g/mol. The number of nitrogens with one attached hydrogen (secondary N) is 2. The maximum absolute atomic E-state index is 9.84. The van der Waals surface area contributed by atoms with E-state index in [0.29, 0.717) is 19.6 Å². The Morgan fingerprint density at radius 2 is 1.42 bits per heavy atom. The monoisotopic (exact) mass is 466 g/mol. The van der Waals surface area contributed by atoms with Gasteiger partial charge in [-0.25, -0.2) is 10.1 Å². The van der Waals surface area contributed by atoms with Crippen LogP contribution in [0.4, 0.5) is 5.69 Å². The highest BCUT2D eigenvalue weighted by Crippen LogP contribution is 2.04. The second kappa shape index (κ2) is 21.7. The summed E-state index contributed by atoms with van der Waals surface area (Å²) in [4.78, 5) is 31.5. The lowest BCUT2D eigenvalue weighted by molar-refractivity contribution is -0.757. The van der Waals surface area contributed by atoms with Crippen LogP contribution in [-0.2, 0) is 9.57 Å². The minimum atomic E-state index is -0.755. The Bertz CT molecular complexity index is 724. The molecule has 0 aliphatic carbocycles. The quantitative estimate of drug-likeness (QED) is 0.240. The Labute approximate surface area is 194 Å². The van der Waals surface area contributed by atoms with Crippen molar-refractivity contribution in [2.24, 2.45) is 0 Å². The van der Waals surface area contributed by atoms with Gasteiger partial charge in [0.2, 0.25) is 0 Å². The number of nitro groups is 1. The summed E-state index contributed by atoms with van der Waals surface area (Å²) in [6.07, 6.45) is 11.2. The first-order valence-electron chi connectivity index (χ1n) is 10.6. The van der Waals surface area contributed by atoms with Crippen molar-refractivity contribution in [1.82, 2.24) is 15.4 Å². The number of aromatic nitrogens is 2. The minimum Gasteiger partial charge on any atom is -0.385 e. The molecule has 0 unspecified atom stereocenters. The van der Waals surface area contributed by atoms with Gasteiger partial charge in [-0.15, -0.1) is 15.5 Å². The first-order chi connectivity index (χ1) is 16.0. The van der Waals surface area contributed by atoms with E-state index in [4.69, 9.17) is 4.74 Å². The molecule has 2 rings (SSSR count). The third-order valence-electron chi connectivity index (χ3n) is 3.89. The molecule has 12 nitrogen and oxygen atoms in total. The number of anilines is 1. The number of hydrogen-bond acceptors (Lipinski definition) is 9. The number of ether oxygens (including phenoxy) is 1. The molecule has 0 saturated carbocycles. The van der Waals surface area contributed by atoms with Gasteiger partial charge in [0.05, 0.1) is 13.2 Å². The predicted molar refractivity (Wildman–Crippen MR) is 125 cm³/mol. The molecule has 0 aliphatic rings. The number of aryl methyl sites for hydroxylation is 1. The Balaban J connectivity index is 0.000000513. The lowest BCUT2D eigenvalue weighted by Gasteiger charge is -2.05. The number of methoxy groups -OCH3 is 1.